The van der Waals surface area contributed by atoms with Gasteiger partial charge in [-0.25, -0.2) is 9.97 Å². The average Bonchev–Trinajstić information content (AvgIpc) is 2.90. The van der Waals surface area contributed by atoms with E-state index >= 15 is 0 Å². The van der Waals surface area contributed by atoms with Crippen LogP contribution in [0.1, 0.15) is 35.5 Å². The Hall–Kier alpha value is -2.83. The standard InChI is InChI=1S/C18H22N4O3/c1-3-24-15-6-5-12(9-16(15)25-4-2)7-8-22-11-14-13(17(22)23)10-20-18(19)21-14/h5-6,9-10H,3-4,7-8,11H2,1-2H3,(H2,19,20,21). The molecule has 0 radical (unpaired) electrons. The third kappa shape index (κ3) is 3.65. The average molecular weight is 342 g/mol. The van der Waals surface area contributed by atoms with E-state index < -0.39 is 0 Å². The fraction of sp³-hybridized carbons (Fsp3) is 0.389. The molecule has 0 unspecified atom stereocenters. The molecule has 7 nitrogen and oxygen atoms in total. The maximum Gasteiger partial charge on any atom is 0.257 e. The zero-order chi connectivity index (χ0) is 17.8. The molecule has 1 aliphatic rings. The number of ether oxygens (including phenoxy) is 2. The van der Waals surface area contributed by atoms with Crippen LogP contribution >= 0.6 is 0 Å². The van der Waals surface area contributed by atoms with Crippen molar-refractivity contribution in [1.82, 2.24) is 14.9 Å². The van der Waals surface area contributed by atoms with Crippen molar-refractivity contribution in [2.45, 2.75) is 26.8 Å². The third-order valence-corrected chi connectivity index (χ3v) is 4.02. The van der Waals surface area contributed by atoms with Crippen molar-refractivity contribution in [2.24, 2.45) is 0 Å². The van der Waals surface area contributed by atoms with E-state index in [9.17, 15) is 4.79 Å². The quantitative estimate of drug-likeness (QED) is 0.828. The van der Waals surface area contributed by atoms with E-state index in [1.165, 1.54) is 6.20 Å². The first-order valence-electron chi connectivity index (χ1n) is 8.41. The Morgan fingerprint density at radius 1 is 1.20 bits per heavy atom. The number of amides is 1. The molecule has 0 spiro atoms. The Morgan fingerprint density at radius 3 is 2.72 bits per heavy atom. The molecule has 25 heavy (non-hydrogen) atoms. The van der Waals surface area contributed by atoms with Crippen LogP contribution in [0.4, 0.5) is 5.95 Å². The summed E-state index contributed by atoms with van der Waals surface area (Å²) in [5.41, 5.74) is 7.91. The molecule has 2 N–H and O–H groups in total. The summed E-state index contributed by atoms with van der Waals surface area (Å²) in [5, 5.41) is 0. The van der Waals surface area contributed by atoms with E-state index in [0.29, 0.717) is 37.6 Å². The summed E-state index contributed by atoms with van der Waals surface area (Å²) in [4.78, 5) is 22.2. The number of anilines is 1. The molecule has 132 valence electrons. The molecular weight excluding hydrogens is 320 g/mol. The van der Waals surface area contributed by atoms with E-state index in [1.807, 2.05) is 32.0 Å². The summed E-state index contributed by atoms with van der Waals surface area (Å²) in [5.74, 6) is 1.62. The van der Waals surface area contributed by atoms with Crippen molar-refractivity contribution in [2.75, 3.05) is 25.5 Å². The van der Waals surface area contributed by atoms with Crippen molar-refractivity contribution >= 4 is 11.9 Å². The summed E-state index contributed by atoms with van der Waals surface area (Å²) in [6, 6.07) is 5.88. The van der Waals surface area contributed by atoms with E-state index in [1.54, 1.807) is 4.90 Å². The second-order valence-electron chi connectivity index (χ2n) is 5.71. The fourth-order valence-electron chi connectivity index (χ4n) is 2.85. The summed E-state index contributed by atoms with van der Waals surface area (Å²) >= 11 is 0. The highest BCUT2D eigenvalue weighted by atomic mass is 16.5. The normalized spacial score (nSPS) is 13.0. The summed E-state index contributed by atoms with van der Waals surface area (Å²) in [6.07, 6.45) is 2.22. The number of benzene rings is 1. The lowest BCUT2D eigenvalue weighted by Crippen LogP contribution is -2.26. The molecule has 7 heteroatoms. The van der Waals surface area contributed by atoms with Crippen LogP contribution in [0.2, 0.25) is 0 Å². The second-order valence-corrected chi connectivity index (χ2v) is 5.71. The fourth-order valence-corrected chi connectivity index (χ4v) is 2.85. The highest BCUT2D eigenvalue weighted by Gasteiger charge is 2.28. The molecule has 2 aromatic rings. The molecule has 0 atom stereocenters. The molecule has 1 aromatic heterocycles. The van der Waals surface area contributed by atoms with Crippen molar-refractivity contribution in [3.05, 3.63) is 41.2 Å². The number of nitrogen functional groups attached to an aromatic ring is 1. The number of carbonyl (C=O) groups is 1. The first kappa shape index (κ1) is 17.0. The molecule has 0 fully saturated rings. The van der Waals surface area contributed by atoms with E-state index in [0.717, 1.165) is 23.5 Å². The number of fused-ring (bicyclic) bond motifs is 1. The first-order chi connectivity index (χ1) is 12.1. The van der Waals surface area contributed by atoms with Gasteiger partial charge in [-0.15, -0.1) is 0 Å². The van der Waals surface area contributed by atoms with Crippen LogP contribution < -0.4 is 15.2 Å². The van der Waals surface area contributed by atoms with Crippen LogP contribution in [-0.4, -0.2) is 40.5 Å². The Labute approximate surface area is 146 Å². The topological polar surface area (TPSA) is 90.6 Å². The summed E-state index contributed by atoms with van der Waals surface area (Å²) in [7, 11) is 0. The number of hydrogen-bond donors (Lipinski definition) is 1. The van der Waals surface area contributed by atoms with Gasteiger partial charge in [0.1, 0.15) is 0 Å². The van der Waals surface area contributed by atoms with Crippen molar-refractivity contribution in [1.29, 1.82) is 0 Å². The minimum atomic E-state index is -0.0500. The number of nitrogens with zero attached hydrogens (tertiary/aromatic N) is 3. The van der Waals surface area contributed by atoms with Crippen LogP contribution in [0, 0.1) is 0 Å². The zero-order valence-electron chi connectivity index (χ0n) is 14.5. The minimum Gasteiger partial charge on any atom is -0.490 e. The molecule has 3 rings (SSSR count). The van der Waals surface area contributed by atoms with Crippen molar-refractivity contribution in [3.8, 4) is 11.5 Å². The number of rotatable bonds is 7. The molecule has 2 heterocycles. The SMILES string of the molecule is CCOc1ccc(CCN2Cc3nc(N)ncc3C2=O)cc1OCC. The highest BCUT2D eigenvalue weighted by Crippen LogP contribution is 2.29. The molecule has 0 bridgehead atoms. The molecule has 1 amide bonds. The molecule has 1 aromatic carbocycles. The molecular formula is C18H22N4O3. The first-order valence-corrected chi connectivity index (χ1v) is 8.41. The van der Waals surface area contributed by atoms with Gasteiger partial charge >= 0.3 is 0 Å². The van der Waals surface area contributed by atoms with Crippen LogP contribution in [0.25, 0.3) is 0 Å². The van der Waals surface area contributed by atoms with Crippen LogP contribution in [0.5, 0.6) is 11.5 Å². The Morgan fingerprint density at radius 2 is 1.96 bits per heavy atom. The van der Waals surface area contributed by atoms with Crippen LogP contribution in [0.15, 0.2) is 24.4 Å². The smallest absolute Gasteiger partial charge is 0.257 e. The third-order valence-electron chi connectivity index (χ3n) is 4.02. The van der Waals surface area contributed by atoms with Crippen LogP contribution in [-0.2, 0) is 13.0 Å². The predicted octanol–water partition coefficient (Wildman–Crippen LogP) is 2.05. The molecule has 0 aliphatic carbocycles. The van der Waals surface area contributed by atoms with Gasteiger partial charge in [0.25, 0.3) is 5.91 Å². The van der Waals surface area contributed by atoms with Gasteiger partial charge in [0.05, 0.1) is 31.0 Å². The van der Waals surface area contributed by atoms with Gasteiger partial charge in [0, 0.05) is 12.7 Å². The van der Waals surface area contributed by atoms with Gasteiger partial charge in [-0.3, -0.25) is 4.79 Å². The largest absolute Gasteiger partial charge is 0.490 e. The van der Waals surface area contributed by atoms with Crippen molar-refractivity contribution in [3.63, 3.8) is 0 Å². The minimum absolute atomic E-state index is 0.0500. The maximum absolute atomic E-state index is 12.4. The number of carbonyl (C=O) groups excluding carboxylic acids is 1. The van der Waals surface area contributed by atoms with Crippen LogP contribution in [0.3, 0.4) is 0 Å². The van der Waals surface area contributed by atoms with Gasteiger partial charge in [-0.05, 0) is 38.0 Å². The lowest BCUT2D eigenvalue weighted by molar-refractivity contribution is 0.0779. The Balaban J connectivity index is 1.68. The zero-order valence-corrected chi connectivity index (χ0v) is 14.5. The molecule has 0 saturated heterocycles. The highest BCUT2D eigenvalue weighted by molar-refractivity contribution is 5.97. The maximum atomic E-state index is 12.4. The van der Waals surface area contributed by atoms with E-state index in [4.69, 9.17) is 15.2 Å². The number of aromatic nitrogens is 2. The Kier molecular flexibility index (Phi) is 5.02. The predicted molar refractivity (Wildman–Crippen MR) is 93.7 cm³/mol. The summed E-state index contributed by atoms with van der Waals surface area (Å²) in [6.45, 7) is 6.10. The lowest BCUT2D eigenvalue weighted by Gasteiger charge is -2.16. The lowest BCUT2D eigenvalue weighted by atomic mass is 10.1. The van der Waals surface area contributed by atoms with Gasteiger partial charge in [0.15, 0.2) is 11.5 Å². The summed E-state index contributed by atoms with van der Waals surface area (Å²) < 4.78 is 11.2. The number of hydrogen-bond acceptors (Lipinski definition) is 6. The van der Waals surface area contributed by atoms with E-state index in [2.05, 4.69) is 9.97 Å². The number of nitrogens with two attached hydrogens (primary N) is 1. The van der Waals surface area contributed by atoms with Gasteiger partial charge in [-0.2, -0.15) is 0 Å². The second kappa shape index (κ2) is 7.38. The van der Waals surface area contributed by atoms with Gasteiger partial charge in [-0.1, -0.05) is 6.07 Å². The Bertz CT molecular complexity index is 779. The molecule has 0 saturated carbocycles. The monoisotopic (exact) mass is 342 g/mol. The molecule has 1 aliphatic heterocycles. The van der Waals surface area contributed by atoms with Gasteiger partial charge in [0.2, 0.25) is 5.95 Å². The van der Waals surface area contributed by atoms with Gasteiger partial charge < -0.3 is 20.1 Å². The van der Waals surface area contributed by atoms with Crippen molar-refractivity contribution < 1.29 is 14.3 Å². The van der Waals surface area contributed by atoms with E-state index in [-0.39, 0.29) is 11.9 Å².